The van der Waals surface area contributed by atoms with Gasteiger partial charge in [-0.15, -0.1) is 0 Å². The maximum absolute atomic E-state index is 13.5. The van der Waals surface area contributed by atoms with Crippen molar-refractivity contribution in [3.8, 4) is 0 Å². The zero-order valence-corrected chi connectivity index (χ0v) is 9.68. The summed E-state index contributed by atoms with van der Waals surface area (Å²) in [4.78, 5) is 0. The normalized spacial score (nSPS) is 18.6. The molecule has 20 heavy (non-hydrogen) atoms. The highest BCUT2D eigenvalue weighted by atomic mass is 19.4. The Kier molecular flexibility index (Phi) is 5.14. The minimum Gasteiger partial charge on any atom is -0.298 e. The highest BCUT2D eigenvalue weighted by Gasteiger charge is 2.70. The Hall–Kier alpha value is -1.00. The Balaban J connectivity index is 5.77. The van der Waals surface area contributed by atoms with Crippen molar-refractivity contribution in [2.24, 2.45) is 0 Å². The van der Waals surface area contributed by atoms with Crippen LogP contribution in [0.1, 0.15) is 13.3 Å². The average Bonchev–Trinajstić information content (AvgIpc) is 2.21. The first kappa shape index (κ1) is 19.0. The van der Waals surface area contributed by atoms with Gasteiger partial charge in [0.2, 0.25) is 11.8 Å². The van der Waals surface area contributed by atoms with Gasteiger partial charge in [0.15, 0.2) is 5.83 Å². The summed E-state index contributed by atoms with van der Waals surface area (Å²) in [6, 6.07) is 0. The third-order valence-electron chi connectivity index (χ3n) is 2.28. The van der Waals surface area contributed by atoms with E-state index in [0.717, 1.165) is 0 Å². The van der Waals surface area contributed by atoms with Crippen molar-refractivity contribution in [1.29, 1.82) is 0 Å². The monoisotopic (exact) mass is 322 g/mol. The van der Waals surface area contributed by atoms with Gasteiger partial charge in [-0.1, -0.05) is 13.5 Å². The lowest BCUT2D eigenvalue weighted by molar-refractivity contribution is -0.377. The summed E-state index contributed by atoms with van der Waals surface area (Å²) in [5.74, 6) is -2.78. The first-order valence-corrected chi connectivity index (χ1v) is 4.82. The predicted octanol–water partition coefficient (Wildman–Crippen LogP) is 4.69. The summed E-state index contributed by atoms with van der Waals surface area (Å²) >= 11 is 0. The predicted molar refractivity (Wildman–Crippen MR) is 46.3 cm³/mol. The maximum Gasteiger partial charge on any atom is 0.425 e. The average molecular weight is 322 g/mol. The number of hydrogen-bond acceptors (Lipinski definition) is 1. The topological polar surface area (TPSA) is 9.23 Å². The quantitative estimate of drug-likeness (QED) is 0.667. The van der Waals surface area contributed by atoms with Crippen molar-refractivity contribution in [3.05, 3.63) is 12.4 Å². The van der Waals surface area contributed by atoms with Gasteiger partial charge in [0, 0.05) is 0 Å². The van der Waals surface area contributed by atoms with Crippen LogP contribution in [0.5, 0.6) is 0 Å². The van der Waals surface area contributed by atoms with E-state index >= 15 is 0 Å². The summed E-state index contributed by atoms with van der Waals surface area (Å²) in [7, 11) is 0. The number of rotatable bonds is 5. The molecule has 0 aromatic rings. The molecule has 0 saturated carbocycles. The Morgan fingerprint density at radius 2 is 1.40 bits per heavy atom. The summed E-state index contributed by atoms with van der Waals surface area (Å²) in [5, 5.41) is 0. The smallest absolute Gasteiger partial charge is 0.298 e. The summed E-state index contributed by atoms with van der Waals surface area (Å²) in [6.07, 6.45) is -24.2. The van der Waals surface area contributed by atoms with Crippen molar-refractivity contribution in [2.75, 3.05) is 0 Å². The van der Waals surface area contributed by atoms with Gasteiger partial charge in [-0.25, -0.2) is 8.78 Å². The third-order valence-corrected chi connectivity index (χ3v) is 2.28. The molecular formula is C9H8F10O. The third kappa shape index (κ3) is 3.76. The second kappa shape index (κ2) is 5.41. The summed E-state index contributed by atoms with van der Waals surface area (Å²) in [6.45, 7) is 2.26. The molecule has 11 heteroatoms. The van der Waals surface area contributed by atoms with Crippen LogP contribution in [-0.4, -0.2) is 30.2 Å². The molecule has 0 saturated heterocycles. The van der Waals surface area contributed by atoms with Crippen molar-refractivity contribution >= 4 is 0 Å². The molecule has 0 heterocycles. The van der Waals surface area contributed by atoms with E-state index in [9.17, 15) is 43.9 Å². The van der Waals surface area contributed by atoms with E-state index in [1.54, 1.807) is 0 Å². The van der Waals surface area contributed by atoms with E-state index in [2.05, 4.69) is 4.74 Å². The largest absolute Gasteiger partial charge is 0.425 e. The van der Waals surface area contributed by atoms with Crippen molar-refractivity contribution in [1.82, 2.24) is 0 Å². The number of ether oxygens (including phenoxy) is 1. The molecule has 0 aliphatic carbocycles. The Morgan fingerprint density at radius 3 is 1.60 bits per heavy atom. The molecule has 120 valence electrons. The maximum atomic E-state index is 13.5. The molecule has 0 aromatic carbocycles. The number of alkyl halides is 9. The van der Waals surface area contributed by atoms with Crippen LogP contribution >= 0.6 is 0 Å². The van der Waals surface area contributed by atoms with E-state index in [1.165, 1.54) is 0 Å². The second-order valence-electron chi connectivity index (χ2n) is 3.67. The first-order valence-electron chi connectivity index (χ1n) is 4.82. The molecule has 0 bridgehead atoms. The molecule has 0 amide bonds. The Morgan fingerprint density at radius 1 is 1.00 bits per heavy atom. The minimum atomic E-state index is -6.16. The van der Waals surface area contributed by atoms with Gasteiger partial charge < -0.3 is 0 Å². The standard InChI is InChI=1S/C9H8F10O/c1-3-6(11,9(17,18)19)5(7(12,13)14)20-8(15,16)4(2)10/h5H,2-3H2,1H3. The first-order chi connectivity index (χ1) is 8.59. The fraction of sp³-hybridized carbons (Fsp3) is 0.778. The highest BCUT2D eigenvalue weighted by Crippen LogP contribution is 2.48. The van der Waals surface area contributed by atoms with Gasteiger partial charge >= 0.3 is 18.5 Å². The fourth-order valence-corrected chi connectivity index (χ4v) is 1.17. The molecule has 2 unspecified atom stereocenters. The number of halogens is 10. The van der Waals surface area contributed by atoms with Crippen LogP contribution in [0.15, 0.2) is 12.4 Å². The SMILES string of the molecule is C=C(F)C(F)(F)OC(C(F)(F)F)C(F)(CC)C(F)(F)F. The van der Waals surface area contributed by atoms with Crippen LogP contribution in [0.3, 0.4) is 0 Å². The van der Waals surface area contributed by atoms with Crippen LogP contribution < -0.4 is 0 Å². The van der Waals surface area contributed by atoms with E-state index in [4.69, 9.17) is 0 Å². The van der Waals surface area contributed by atoms with Gasteiger partial charge in [0.05, 0.1) is 0 Å². The number of hydrogen-bond donors (Lipinski definition) is 0. The van der Waals surface area contributed by atoms with Gasteiger partial charge in [0.25, 0.3) is 0 Å². The van der Waals surface area contributed by atoms with Gasteiger partial charge in [-0.05, 0) is 6.42 Å². The molecular weight excluding hydrogens is 314 g/mol. The molecule has 1 nitrogen and oxygen atoms in total. The van der Waals surface area contributed by atoms with E-state index in [-0.39, 0.29) is 0 Å². The van der Waals surface area contributed by atoms with Gasteiger partial charge in [-0.3, -0.25) is 4.74 Å². The summed E-state index contributed by atoms with van der Waals surface area (Å²) < 4.78 is 128. The molecule has 2 atom stereocenters. The zero-order chi connectivity index (χ0) is 16.6. The lowest BCUT2D eigenvalue weighted by Crippen LogP contribution is -2.59. The van der Waals surface area contributed by atoms with Crippen molar-refractivity contribution < 1.29 is 48.6 Å². The molecule has 0 aromatic heterocycles. The van der Waals surface area contributed by atoms with Crippen LogP contribution in [-0.2, 0) is 4.74 Å². The van der Waals surface area contributed by atoms with Crippen LogP contribution in [0.2, 0.25) is 0 Å². The van der Waals surface area contributed by atoms with Gasteiger partial charge in [0.1, 0.15) is 0 Å². The zero-order valence-electron chi connectivity index (χ0n) is 9.68. The van der Waals surface area contributed by atoms with Crippen molar-refractivity contribution in [2.45, 2.75) is 43.6 Å². The Bertz CT molecular complexity index is 357. The van der Waals surface area contributed by atoms with Gasteiger partial charge in [-0.2, -0.15) is 35.1 Å². The fourth-order valence-electron chi connectivity index (χ4n) is 1.17. The molecule has 0 spiro atoms. The van der Waals surface area contributed by atoms with E-state index in [1.807, 2.05) is 6.58 Å². The lowest BCUT2D eigenvalue weighted by Gasteiger charge is -2.36. The minimum absolute atomic E-state index is 0.345. The Labute approximate surface area is 106 Å². The molecule has 0 aliphatic rings. The second-order valence-corrected chi connectivity index (χ2v) is 3.67. The van der Waals surface area contributed by atoms with E-state index < -0.39 is 42.5 Å². The van der Waals surface area contributed by atoms with E-state index in [0.29, 0.717) is 6.92 Å². The van der Waals surface area contributed by atoms with Crippen molar-refractivity contribution in [3.63, 3.8) is 0 Å². The summed E-state index contributed by atoms with van der Waals surface area (Å²) in [5.41, 5.74) is -5.16. The molecule has 0 fully saturated rings. The van der Waals surface area contributed by atoms with Crippen LogP contribution in [0.4, 0.5) is 43.9 Å². The lowest BCUT2D eigenvalue weighted by atomic mass is 9.94. The molecule has 0 radical (unpaired) electrons. The highest BCUT2D eigenvalue weighted by molar-refractivity contribution is 5.01. The molecule has 0 rings (SSSR count). The molecule has 0 aliphatic heterocycles. The van der Waals surface area contributed by atoms with Crippen LogP contribution in [0, 0.1) is 0 Å². The van der Waals surface area contributed by atoms with Crippen LogP contribution in [0.25, 0.3) is 0 Å². The molecule has 0 N–H and O–H groups in total.